The van der Waals surface area contributed by atoms with Gasteiger partial charge in [0.05, 0.1) is 6.20 Å². The van der Waals surface area contributed by atoms with Crippen molar-refractivity contribution in [1.82, 2.24) is 10.3 Å². The van der Waals surface area contributed by atoms with Crippen LogP contribution < -0.4 is 10.2 Å². The Morgan fingerprint density at radius 1 is 1.55 bits per heavy atom. The number of anilines is 1. The molecule has 106 valence electrons. The Bertz CT molecular complexity index is 605. The lowest BCUT2D eigenvalue weighted by Crippen LogP contribution is -2.32. The highest BCUT2D eigenvalue weighted by Crippen LogP contribution is 2.19. The normalized spacial score (nSPS) is 10.3. The van der Waals surface area contributed by atoms with Crippen LogP contribution in [-0.4, -0.2) is 31.0 Å². The summed E-state index contributed by atoms with van der Waals surface area (Å²) >= 11 is 6.80. The summed E-state index contributed by atoms with van der Waals surface area (Å²) < 4.78 is 12.8. The summed E-state index contributed by atoms with van der Waals surface area (Å²) in [6, 6.07) is 6.74. The van der Waals surface area contributed by atoms with E-state index in [1.165, 1.54) is 6.20 Å². The van der Waals surface area contributed by atoms with Gasteiger partial charge in [0.1, 0.15) is 0 Å². The standard InChI is InChI=1S/C13H13ClFN3OS/c1-18(13-17-8-11(15)20-13)6-5-16-12(19)9-3-2-4-10(14)7-9/h2-4,7-8H,5-6H2,1H3,(H,16,19). The van der Waals surface area contributed by atoms with Gasteiger partial charge in [-0.1, -0.05) is 29.0 Å². The Morgan fingerprint density at radius 2 is 2.35 bits per heavy atom. The maximum absolute atomic E-state index is 12.8. The second kappa shape index (κ2) is 6.67. The van der Waals surface area contributed by atoms with Gasteiger partial charge in [-0.3, -0.25) is 4.79 Å². The van der Waals surface area contributed by atoms with E-state index in [0.29, 0.717) is 28.8 Å². The number of hydrogen-bond donors (Lipinski definition) is 1. The molecule has 1 N–H and O–H groups in total. The molecule has 0 bridgehead atoms. The van der Waals surface area contributed by atoms with E-state index >= 15 is 0 Å². The molecule has 0 aliphatic carbocycles. The third-order valence-corrected chi connectivity index (χ3v) is 3.75. The van der Waals surface area contributed by atoms with Crippen LogP contribution in [-0.2, 0) is 0 Å². The van der Waals surface area contributed by atoms with Crippen LogP contribution in [0, 0.1) is 5.13 Å². The third kappa shape index (κ3) is 3.91. The van der Waals surface area contributed by atoms with E-state index in [9.17, 15) is 9.18 Å². The van der Waals surface area contributed by atoms with Crippen molar-refractivity contribution in [3.8, 4) is 0 Å². The van der Waals surface area contributed by atoms with Crippen molar-refractivity contribution < 1.29 is 9.18 Å². The van der Waals surface area contributed by atoms with Gasteiger partial charge >= 0.3 is 0 Å². The zero-order chi connectivity index (χ0) is 14.5. The van der Waals surface area contributed by atoms with Crippen molar-refractivity contribution in [2.45, 2.75) is 0 Å². The highest BCUT2D eigenvalue weighted by Gasteiger charge is 2.08. The molecule has 0 saturated heterocycles. The summed E-state index contributed by atoms with van der Waals surface area (Å²) in [6.07, 6.45) is 1.18. The molecule has 0 radical (unpaired) electrons. The first-order chi connectivity index (χ1) is 9.56. The highest BCUT2D eigenvalue weighted by atomic mass is 35.5. The first-order valence-corrected chi connectivity index (χ1v) is 7.12. The van der Waals surface area contributed by atoms with Gasteiger partial charge in [-0.05, 0) is 18.2 Å². The minimum absolute atomic E-state index is 0.189. The molecule has 7 heteroatoms. The molecule has 2 aromatic rings. The van der Waals surface area contributed by atoms with Crippen LogP contribution in [0.3, 0.4) is 0 Å². The molecule has 1 aromatic heterocycles. The van der Waals surface area contributed by atoms with Crippen molar-refractivity contribution in [1.29, 1.82) is 0 Å². The minimum Gasteiger partial charge on any atom is -0.350 e. The van der Waals surface area contributed by atoms with Crippen LogP contribution in [0.2, 0.25) is 5.02 Å². The zero-order valence-electron chi connectivity index (χ0n) is 10.8. The lowest BCUT2D eigenvalue weighted by Gasteiger charge is -2.15. The van der Waals surface area contributed by atoms with E-state index in [1.807, 2.05) is 0 Å². The number of aromatic nitrogens is 1. The number of carbonyl (C=O) groups excluding carboxylic acids is 1. The molecule has 4 nitrogen and oxygen atoms in total. The van der Waals surface area contributed by atoms with Crippen molar-refractivity contribution in [3.05, 3.63) is 46.2 Å². The molecule has 1 amide bonds. The van der Waals surface area contributed by atoms with E-state index in [2.05, 4.69) is 10.3 Å². The van der Waals surface area contributed by atoms with Crippen molar-refractivity contribution in [2.24, 2.45) is 0 Å². The number of amides is 1. The Balaban J connectivity index is 1.82. The molecular formula is C13H13ClFN3OS. The van der Waals surface area contributed by atoms with Gasteiger partial charge in [-0.15, -0.1) is 0 Å². The molecule has 0 unspecified atom stereocenters. The molecule has 0 fully saturated rings. The maximum Gasteiger partial charge on any atom is 0.251 e. The zero-order valence-corrected chi connectivity index (χ0v) is 12.3. The number of nitrogens with zero attached hydrogens (tertiary/aromatic N) is 2. The maximum atomic E-state index is 12.8. The van der Waals surface area contributed by atoms with Crippen LogP contribution in [0.15, 0.2) is 30.5 Å². The number of nitrogens with one attached hydrogen (secondary N) is 1. The predicted molar refractivity (Wildman–Crippen MR) is 79.1 cm³/mol. The van der Waals surface area contributed by atoms with Crippen molar-refractivity contribution >= 4 is 34.0 Å². The summed E-state index contributed by atoms with van der Waals surface area (Å²) in [7, 11) is 1.80. The summed E-state index contributed by atoms with van der Waals surface area (Å²) in [5, 5.41) is 3.56. The largest absolute Gasteiger partial charge is 0.350 e. The second-order valence-electron chi connectivity index (χ2n) is 4.13. The van der Waals surface area contributed by atoms with Gasteiger partial charge < -0.3 is 10.2 Å². The summed E-state index contributed by atoms with van der Waals surface area (Å²) in [5.41, 5.74) is 0.514. The first kappa shape index (κ1) is 14.7. The second-order valence-corrected chi connectivity index (χ2v) is 5.53. The van der Waals surface area contributed by atoms with Crippen LogP contribution in [0.1, 0.15) is 10.4 Å². The van der Waals surface area contributed by atoms with Crippen LogP contribution in [0.5, 0.6) is 0 Å². The van der Waals surface area contributed by atoms with E-state index in [0.717, 1.165) is 11.3 Å². The van der Waals surface area contributed by atoms with Crippen LogP contribution in [0.4, 0.5) is 9.52 Å². The van der Waals surface area contributed by atoms with E-state index in [1.54, 1.807) is 36.2 Å². The molecule has 0 aliphatic rings. The number of rotatable bonds is 5. The molecule has 0 aliphatic heterocycles. The van der Waals surface area contributed by atoms with Gasteiger partial charge in [0.15, 0.2) is 10.3 Å². The third-order valence-electron chi connectivity index (χ3n) is 2.61. The van der Waals surface area contributed by atoms with Gasteiger partial charge in [0, 0.05) is 30.7 Å². The van der Waals surface area contributed by atoms with Crippen LogP contribution >= 0.6 is 22.9 Å². The number of benzene rings is 1. The quantitative estimate of drug-likeness (QED) is 0.923. The minimum atomic E-state index is -0.324. The summed E-state index contributed by atoms with van der Waals surface area (Å²) in [5.74, 6) is -0.189. The number of thiazole rings is 1. The molecule has 0 saturated carbocycles. The van der Waals surface area contributed by atoms with Gasteiger partial charge in [-0.25, -0.2) is 4.98 Å². The average molecular weight is 314 g/mol. The Labute approximate surface area is 125 Å². The Kier molecular flexibility index (Phi) is 4.92. The Hall–Kier alpha value is -1.66. The molecule has 1 aromatic carbocycles. The number of halogens is 2. The number of likely N-dealkylation sites (N-methyl/N-ethyl adjacent to an activating group) is 1. The topological polar surface area (TPSA) is 45.2 Å². The van der Waals surface area contributed by atoms with Gasteiger partial charge in [-0.2, -0.15) is 4.39 Å². The molecule has 1 heterocycles. The van der Waals surface area contributed by atoms with Crippen molar-refractivity contribution in [3.63, 3.8) is 0 Å². The fraction of sp³-hybridized carbons (Fsp3) is 0.231. The molecule has 2 rings (SSSR count). The smallest absolute Gasteiger partial charge is 0.251 e. The van der Waals surface area contributed by atoms with E-state index < -0.39 is 0 Å². The highest BCUT2D eigenvalue weighted by molar-refractivity contribution is 7.14. The molecular weight excluding hydrogens is 301 g/mol. The van der Waals surface area contributed by atoms with E-state index in [4.69, 9.17) is 11.6 Å². The monoisotopic (exact) mass is 313 g/mol. The lowest BCUT2D eigenvalue weighted by molar-refractivity contribution is 0.0954. The van der Waals surface area contributed by atoms with Crippen LogP contribution in [0.25, 0.3) is 0 Å². The number of carbonyl (C=O) groups is 1. The average Bonchev–Trinajstić information content (AvgIpc) is 2.85. The fourth-order valence-corrected chi connectivity index (χ4v) is 2.41. The van der Waals surface area contributed by atoms with Crippen molar-refractivity contribution in [2.75, 3.05) is 25.0 Å². The lowest BCUT2D eigenvalue weighted by atomic mass is 10.2. The SMILES string of the molecule is CN(CCNC(=O)c1cccc(Cl)c1)c1ncc(F)s1. The number of hydrogen-bond acceptors (Lipinski definition) is 4. The first-order valence-electron chi connectivity index (χ1n) is 5.92. The molecule has 20 heavy (non-hydrogen) atoms. The predicted octanol–water partition coefficient (Wildman–Crippen LogP) is 2.80. The Morgan fingerprint density at radius 3 is 3.00 bits per heavy atom. The summed E-state index contributed by atoms with van der Waals surface area (Å²) in [6.45, 7) is 0.975. The summed E-state index contributed by atoms with van der Waals surface area (Å²) in [4.78, 5) is 17.6. The van der Waals surface area contributed by atoms with E-state index in [-0.39, 0.29) is 11.0 Å². The van der Waals surface area contributed by atoms with Gasteiger partial charge in [0.25, 0.3) is 5.91 Å². The van der Waals surface area contributed by atoms with Gasteiger partial charge in [0.2, 0.25) is 0 Å². The fourth-order valence-electron chi connectivity index (χ4n) is 1.59. The molecule has 0 spiro atoms. The molecule has 0 atom stereocenters.